The van der Waals surface area contributed by atoms with Gasteiger partial charge in [0.15, 0.2) is 0 Å². The summed E-state index contributed by atoms with van der Waals surface area (Å²) in [5.41, 5.74) is 2.41. The molecule has 7 heteroatoms. The molecule has 0 radical (unpaired) electrons. The number of nitrogens with zero attached hydrogens (tertiary/aromatic N) is 2. The molecule has 1 aromatic heterocycles. The number of rotatable bonds is 8. The molecule has 0 aliphatic carbocycles. The number of carbonyl (C=O) groups excluding carboxylic acids is 2. The monoisotopic (exact) mass is 396 g/mol. The van der Waals surface area contributed by atoms with Crippen molar-refractivity contribution >= 4 is 22.8 Å². The van der Waals surface area contributed by atoms with E-state index in [1.807, 2.05) is 42.7 Å². The Bertz CT molecular complexity index is 998. The van der Waals surface area contributed by atoms with Crippen LogP contribution in [0.1, 0.15) is 44.1 Å². The zero-order chi connectivity index (χ0) is 20.8. The minimum absolute atomic E-state index is 0.0423. The first kappa shape index (κ1) is 20.5. The fourth-order valence-corrected chi connectivity index (χ4v) is 3.20. The SMILES string of the molecule is CCCC(=O)NC(C)c1nc2ccccc2n1CC(=O)NCc1ccc(F)cc1. The molecule has 152 valence electrons. The van der Waals surface area contributed by atoms with E-state index in [0.29, 0.717) is 18.8 Å². The van der Waals surface area contributed by atoms with Crippen LogP contribution in [0.3, 0.4) is 0 Å². The predicted octanol–water partition coefficient (Wildman–Crippen LogP) is 3.47. The fourth-order valence-electron chi connectivity index (χ4n) is 3.20. The molecule has 0 aliphatic rings. The first-order valence-electron chi connectivity index (χ1n) is 9.73. The lowest BCUT2D eigenvalue weighted by Crippen LogP contribution is -2.31. The molecular formula is C22H25FN4O2. The second kappa shape index (κ2) is 9.32. The Labute approximate surface area is 169 Å². The van der Waals surface area contributed by atoms with Gasteiger partial charge in [0.1, 0.15) is 18.2 Å². The van der Waals surface area contributed by atoms with E-state index in [-0.39, 0.29) is 30.2 Å². The van der Waals surface area contributed by atoms with E-state index in [1.54, 1.807) is 12.1 Å². The van der Waals surface area contributed by atoms with Crippen LogP contribution in [0.5, 0.6) is 0 Å². The Morgan fingerprint density at radius 1 is 1.10 bits per heavy atom. The Morgan fingerprint density at radius 2 is 1.83 bits per heavy atom. The summed E-state index contributed by atoms with van der Waals surface area (Å²) in [6.07, 6.45) is 1.21. The molecule has 0 spiro atoms. The minimum Gasteiger partial charge on any atom is -0.350 e. The quantitative estimate of drug-likeness (QED) is 0.612. The summed E-state index contributed by atoms with van der Waals surface area (Å²) in [5, 5.41) is 5.80. The molecule has 29 heavy (non-hydrogen) atoms. The molecule has 2 amide bonds. The molecule has 1 unspecified atom stereocenters. The number of nitrogens with one attached hydrogen (secondary N) is 2. The van der Waals surface area contributed by atoms with Gasteiger partial charge in [0.05, 0.1) is 17.1 Å². The van der Waals surface area contributed by atoms with Crippen molar-refractivity contribution in [2.45, 2.75) is 45.8 Å². The van der Waals surface area contributed by atoms with Crippen LogP contribution < -0.4 is 10.6 Å². The van der Waals surface area contributed by atoms with Gasteiger partial charge in [0.2, 0.25) is 11.8 Å². The van der Waals surface area contributed by atoms with E-state index in [1.165, 1.54) is 12.1 Å². The van der Waals surface area contributed by atoms with E-state index in [4.69, 9.17) is 0 Å². The summed E-state index contributed by atoms with van der Waals surface area (Å²) in [5.74, 6) is 0.0893. The lowest BCUT2D eigenvalue weighted by Gasteiger charge is -2.16. The van der Waals surface area contributed by atoms with Gasteiger partial charge >= 0.3 is 0 Å². The summed E-state index contributed by atoms with van der Waals surface area (Å²) in [7, 11) is 0. The number of aromatic nitrogens is 2. The fraction of sp³-hybridized carbons (Fsp3) is 0.318. The summed E-state index contributed by atoms with van der Waals surface area (Å²) in [4.78, 5) is 29.2. The van der Waals surface area contributed by atoms with Crippen LogP contribution >= 0.6 is 0 Å². The van der Waals surface area contributed by atoms with Crippen LogP contribution in [0.4, 0.5) is 4.39 Å². The van der Waals surface area contributed by atoms with Gasteiger partial charge in [-0.1, -0.05) is 31.2 Å². The van der Waals surface area contributed by atoms with Crippen LogP contribution in [-0.2, 0) is 22.7 Å². The number of hydrogen-bond acceptors (Lipinski definition) is 3. The van der Waals surface area contributed by atoms with Gasteiger partial charge in [-0.15, -0.1) is 0 Å². The molecule has 6 nitrogen and oxygen atoms in total. The maximum absolute atomic E-state index is 13.0. The molecule has 0 saturated heterocycles. The van der Waals surface area contributed by atoms with Crippen LogP contribution in [0.15, 0.2) is 48.5 Å². The molecule has 2 aromatic carbocycles. The normalized spacial score (nSPS) is 12.0. The van der Waals surface area contributed by atoms with E-state index < -0.39 is 0 Å². The first-order chi connectivity index (χ1) is 14.0. The highest BCUT2D eigenvalue weighted by atomic mass is 19.1. The highest BCUT2D eigenvalue weighted by Gasteiger charge is 2.19. The average Bonchev–Trinajstić information content (AvgIpc) is 3.06. The van der Waals surface area contributed by atoms with E-state index in [0.717, 1.165) is 23.0 Å². The number of halogens is 1. The van der Waals surface area contributed by atoms with Gasteiger partial charge in [-0.3, -0.25) is 9.59 Å². The number of imidazole rings is 1. The van der Waals surface area contributed by atoms with Crippen LogP contribution in [0.25, 0.3) is 11.0 Å². The number of benzene rings is 2. The van der Waals surface area contributed by atoms with Crippen molar-refractivity contribution in [2.75, 3.05) is 0 Å². The zero-order valence-corrected chi connectivity index (χ0v) is 16.6. The van der Waals surface area contributed by atoms with E-state index in [9.17, 15) is 14.0 Å². The van der Waals surface area contributed by atoms with Crippen molar-refractivity contribution in [1.29, 1.82) is 0 Å². The second-order valence-electron chi connectivity index (χ2n) is 6.99. The lowest BCUT2D eigenvalue weighted by molar-refractivity contribution is -0.122. The highest BCUT2D eigenvalue weighted by molar-refractivity contribution is 5.81. The predicted molar refractivity (Wildman–Crippen MR) is 109 cm³/mol. The molecule has 1 heterocycles. The maximum atomic E-state index is 13.0. The van der Waals surface area contributed by atoms with Gasteiger partial charge in [0, 0.05) is 13.0 Å². The first-order valence-corrected chi connectivity index (χ1v) is 9.73. The third kappa shape index (κ3) is 5.19. The third-order valence-electron chi connectivity index (χ3n) is 4.63. The molecular weight excluding hydrogens is 371 g/mol. The van der Waals surface area contributed by atoms with Crippen LogP contribution in [0, 0.1) is 5.82 Å². The number of para-hydroxylation sites is 2. The van der Waals surface area contributed by atoms with Gasteiger partial charge in [-0.25, -0.2) is 9.37 Å². The highest BCUT2D eigenvalue weighted by Crippen LogP contribution is 2.21. The van der Waals surface area contributed by atoms with Crippen LogP contribution in [0.2, 0.25) is 0 Å². The van der Waals surface area contributed by atoms with Crippen molar-refractivity contribution in [3.05, 3.63) is 65.7 Å². The Kier molecular flexibility index (Phi) is 6.59. The molecule has 1 atom stereocenters. The van der Waals surface area contributed by atoms with E-state index in [2.05, 4.69) is 15.6 Å². The zero-order valence-electron chi connectivity index (χ0n) is 16.6. The Balaban J connectivity index is 1.76. The van der Waals surface area contributed by atoms with Gasteiger partial charge in [0.25, 0.3) is 0 Å². The molecule has 0 fully saturated rings. The Hall–Kier alpha value is -3.22. The third-order valence-corrected chi connectivity index (χ3v) is 4.63. The van der Waals surface area contributed by atoms with Crippen molar-refractivity contribution in [3.8, 4) is 0 Å². The average molecular weight is 396 g/mol. The summed E-state index contributed by atoms with van der Waals surface area (Å²) < 4.78 is 14.8. The smallest absolute Gasteiger partial charge is 0.240 e. The van der Waals surface area contributed by atoms with Crippen molar-refractivity contribution in [3.63, 3.8) is 0 Å². The van der Waals surface area contributed by atoms with Gasteiger partial charge in [-0.05, 0) is 43.2 Å². The lowest BCUT2D eigenvalue weighted by atomic mass is 10.2. The van der Waals surface area contributed by atoms with E-state index >= 15 is 0 Å². The second-order valence-corrected chi connectivity index (χ2v) is 6.99. The molecule has 3 rings (SSSR count). The van der Waals surface area contributed by atoms with Gasteiger partial charge < -0.3 is 15.2 Å². The summed E-state index contributed by atoms with van der Waals surface area (Å²) in [6, 6.07) is 13.2. The van der Waals surface area contributed by atoms with Crippen LogP contribution in [-0.4, -0.2) is 21.4 Å². The van der Waals surface area contributed by atoms with Crippen molar-refractivity contribution < 1.29 is 14.0 Å². The molecule has 0 saturated carbocycles. The largest absolute Gasteiger partial charge is 0.350 e. The molecule has 2 N–H and O–H groups in total. The molecule has 0 bridgehead atoms. The molecule has 0 aliphatic heterocycles. The number of fused-ring (bicyclic) bond motifs is 1. The number of carbonyl (C=O) groups is 2. The van der Waals surface area contributed by atoms with Crippen molar-refractivity contribution in [2.24, 2.45) is 0 Å². The topological polar surface area (TPSA) is 76.0 Å². The maximum Gasteiger partial charge on any atom is 0.240 e. The summed E-state index contributed by atoms with van der Waals surface area (Å²) >= 11 is 0. The summed E-state index contributed by atoms with van der Waals surface area (Å²) in [6.45, 7) is 4.20. The molecule has 3 aromatic rings. The minimum atomic E-state index is -0.327. The number of amides is 2. The standard InChI is InChI=1S/C22H25FN4O2/c1-3-6-20(28)25-15(2)22-26-18-7-4-5-8-19(18)27(22)14-21(29)24-13-16-9-11-17(23)12-10-16/h4-5,7-12,15H,3,6,13-14H2,1-2H3,(H,24,29)(H,25,28). The number of hydrogen-bond donors (Lipinski definition) is 2. The van der Waals surface area contributed by atoms with Gasteiger partial charge in [-0.2, -0.15) is 0 Å². The van der Waals surface area contributed by atoms with Crippen molar-refractivity contribution in [1.82, 2.24) is 20.2 Å². The Morgan fingerprint density at radius 3 is 2.55 bits per heavy atom.